The van der Waals surface area contributed by atoms with Gasteiger partial charge < -0.3 is 24.8 Å². The first-order chi connectivity index (χ1) is 9.98. The molecule has 0 saturated carbocycles. The molecule has 7 heteroatoms. The average molecular weight is 300 g/mol. The lowest BCUT2D eigenvalue weighted by Crippen LogP contribution is -2.40. The number of carboxylic acid groups (broad SMARTS) is 1. The highest BCUT2D eigenvalue weighted by molar-refractivity contribution is 5.84. The summed E-state index contributed by atoms with van der Waals surface area (Å²) in [6.07, 6.45) is 2.56. The smallest absolute Gasteiger partial charge is 0.312 e. The normalized spacial score (nSPS) is 30.6. The van der Waals surface area contributed by atoms with E-state index >= 15 is 0 Å². The maximum absolute atomic E-state index is 12.2. The Morgan fingerprint density at radius 3 is 2.24 bits per heavy atom. The quantitative estimate of drug-likeness (QED) is 0.431. The van der Waals surface area contributed by atoms with E-state index in [1.807, 2.05) is 0 Å². The zero-order valence-corrected chi connectivity index (χ0v) is 11.8. The van der Waals surface area contributed by atoms with Crippen LogP contribution in [0.25, 0.3) is 0 Å². The van der Waals surface area contributed by atoms with Crippen molar-refractivity contribution in [2.75, 3.05) is 19.8 Å². The van der Waals surface area contributed by atoms with Gasteiger partial charge in [0.15, 0.2) is 0 Å². The first-order valence-corrected chi connectivity index (χ1v) is 6.93. The fourth-order valence-electron chi connectivity index (χ4n) is 2.67. The summed E-state index contributed by atoms with van der Waals surface area (Å²) in [5.41, 5.74) is -0.900. The average Bonchev–Trinajstić information content (AvgIpc) is 3.09. The highest BCUT2D eigenvalue weighted by Crippen LogP contribution is 2.40. The van der Waals surface area contributed by atoms with Crippen LogP contribution in [0.2, 0.25) is 0 Å². The summed E-state index contributed by atoms with van der Waals surface area (Å²) in [6.45, 7) is 0.981. The molecule has 3 N–H and O–H groups in total. The van der Waals surface area contributed by atoms with Gasteiger partial charge in [0.25, 0.3) is 0 Å². The number of hydrogen-bond acceptors (Lipinski definition) is 6. The second-order valence-electron chi connectivity index (χ2n) is 5.62. The summed E-state index contributed by atoms with van der Waals surface area (Å²) in [6, 6.07) is 0. The number of carboxylic acids is 1. The highest BCUT2D eigenvalue weighted by Gasteiger charge is 2.54. The molecule has 0 radical (unpaired) electrons. The molecule has 1 fully saturated rings. The zero-order valence-electron chi connectivity index (χ0n) is 11.8. The topological polar surface area (TPSA) is 113 Å². The van der Waals surface area contributed by atoms with Gasteiger partial charge in [-0.15, -0.1) is 0 Å². The van der Waals surface area contributed by atoms with E-state index in [0.717, 1.165) is 0 Å². The third-order valence-corrected chi connectivity index (χ3v) is 4.40. The number of ether oxygens (including phenoxy) is 2. The molecule has 1 saturated heterocycles. The van der Waals surface area contributed by atoms with Gasteiger partial charge in [0, 0.05) is 0 Å². The van der Waals surface area contributed by atoms with Crippen molar-refractivity contribution in [3.63, 3.8) is 0 Å². The van der Waals surface area contributed by atoms with Crippen molar-refractivity contribution in [2.24, 2.45) is 17.3 Å². The van der Waals surface area contributed by atoms with Crippen LogP contribution in [0.3, 0.4) is 0 Å². The molecular weight excluding hydrogens is 280 g/mol. The number of carbonyl (C=O) groups is 2. The highest BCUT2D eigenvalue weighted by atomic mass is 16.5. The molecule has 7 nitrogen and oxygen atoms in total. The molecule has 2 aliphatic rings. The van der Waals surface area contributed by atoms with Crippen molar-refractivity contribution in [3.8, 4) is 0 Å². The van der Waals surface area contributed by atoms with Crippen molar-refractivity contribution < 1.29 is 34.4 Å². The van der Waals surface area contributed by atoms with Crippen LogP contribution in [-0.4, -0.2) is 59.3 Å². The predicted octanol–water partition coefficient (Wildman–Crippen LogP) is -0.435. The molecule has 4 unspecified atom stereocenters. The summed E-state index contributed by atoms with van der Waals surface area (Å²) in [4.78, 5) is 23.5. The standard InChI is InChI=1S/C14H20O7/c1-2-14(5-15,6-16)7-20-13(19)11-9-4-3-8(21-9)10(11)12(17)18/h3-4,8-11,15-16H,2,5-7H2,1H3,(H,17,18). The third kappa shape index (κ3) is 2.81. The van der Waals surface area contributed by atoms with Crippen LogP contribution in [0.15, 0.2) is 12.2 Å². The molecular formula is C14H20O7. The molecule has 2 aliphatic heterocycles. The van der Waals surface area contributed by atoms with E-state index in [1.54, 1.807) is 19.1 Å². The summed E-state index contributed by atoms with van der Waals surface area (Å²) in [7, 11) is 0. The first kappa shape index (κ1) is 15.9. The van der Waals surface area contributed by atoms with E-state index < -0.39 is 41.4 Å². The van der Waals surface area contributed by atoms with Crippen molar-refractivity contribution in [1.82, 2.24) is 0 Å². The molecule has 0 spiro atoms. The van der Waals surface area contributed by atoms with E-state index in [4.69, 9.17) is 9.47 Å². The van der Waals surface area contributed by atoms with Crippen LogP contribution in [0, 0.1) is 17.3 Å². The zero-order chi connectivity index (χ0) is 15.6. The lowest BCUT2D eigenvalue weighted by Gasteiger charge is -2.29. The van der Waals surface area contributed by atoms with Gasteiger partial charge in [-0.25, -0.2) is 0 Å². The van der Waals surface area contributed by atoms with Gasteiger partial charge in [-0.1, -0.05) is 19.1 Å². The van der Waals surface area contributed by atoms with Crippen molar-refractivity contribution in [1.29, 1.82) is 0 Å². The van der Waals surface area contributed by atoms with Crippen molar-refractivity contribution in [2.45, 2.75) is 25.6 Å². The van der Waals surface area contributed by atoms with Crippen LogP contribution < -0.4 is 0 Å². The molecule has 2 heterocycles. The number of rotatable bonds is 7. The summed E-state index contributed by atoms with van der Waals surface area (Å²) < 4.78 is 10.6. The maximum Gasteiger partial charge on any atom is 0.312 e. The summed E-state index contributed by atoms with van der Waals surface area (Å²) >= 11 is 0. The van der Waals surface area contributed by atoms with Crippen molar-refractivity contribution >= 4 is 11.9 Å². The van der Waals surface area contributed by atoms with E-state index in [-0.39, 0.29) is 19.8 Å². The van der Waals surface area contributed by atoms with Gasteiger partial charge in [0.05, 0.1) is 30.8 Å². The molecule has 0 amide bonds. The van der Waals surface area contributed by atoms with Gasteiger partial charge in [-0.2, -0.15) is 0 Å². The number of hydrogen-bond donors (Lipinski definition) is 3. The van der Waals surface area contributed by atoms with Gasteiger partial charge in [-0.05, 0) is 6.42 Å². The Morgan fingerprint density at radius 1 is 1.19 bits per heavy atom. The summed E-state index contributed by atoms with van der Waals surface area (Å²) in [5, 5.41) is 27.9. The molecule has 2 bridgehead atoms. The lowest BCUT2D eigenvalue weighted by atomic mass is 9.83. The number of fused-ring (bicyclic) bond motifs is 2. The van der Waals surface area contributed by atoms with E-state index in [9.17, 15) is 24.9 Å². The van der Waals surface area contributed by atoms with Gasteiger partial charge in [-0.3, -0.25) is 9.59 Å². The largest absolute Gasteiger partial charge is 0.481 e. The molecule has 4 atom stereocenters. The minimum Gasteiger partial charge on any atom is -0.481 e. The second kappa shape index (κ2) is 6.13. The predicted molar refractivity (Wildman–Crippen MR) is 70.3 cm³/mol. The molecule has 0 aromatic heterocycles. The van der Waals surface area contributed by atoms with E-state index in [1.165, 1.54) is 0 Å². The first-order valence-electron chi connectivity index (χ1n) is 6.93. The Bertz CT molecular complexity index is 432. The maximum atomic E-state index is 12.2. The van der Waals surface area contributed by atoms with Crippen LogP contribution in [0.1, 0.15) is 13.3 Å². The molecule has 0 aromatic carbocycles. The molecule has 2 rings (SSSR count). The number of aliphatic hydroxyl groups is 2. The number of esters is 1. The number of aliphatic carboxylic acids is 1. The van der Waals surface area contributed by atoms with Gasteiger partial charge in [0.1, 0.15) is 18.4 Å². The van der Waals surface area contributed by atoms with Crippen LogP contribution in [0.5, 0.6) is 0 Å². The Kier molecular flexibility index (Phi) is 4.65. The van der Waals surface area contributed by atoms with E-state index in [2.05, 4.69) is 0 Å². The monoisotopic (exact) mass is 300 g/mol. The number of carbonyl (C=O) groups excluding carboxylic acids is 1. The minimum absolute atomic E-state index is 0.153. The fraction of sp³-hybridized carbons (Fsp3) is 0.714. The minimum atomic E-state index is -1.10. The Labute approximate surface area is 122 Å². The summed E-state index contributed by atoms with van der Waals surface area (Å²) in [5.74, 6) is -3.60. The van der Waals surface area contributed by atoms with Crippen molar-refractivity contribution in [3.05, 3.63) is 12.2 Å². The van der Waals surface area contributed by atoms with E-state index in [0.29, 0.717) is 6.42 Å². The molecule has 21 heavy (non-hydrogen) atoms. The van der Waals surface area contributed by atoms with Crippen LogP contribution in [-0.2, 0) is 19.1 Å². The van der Waals surface area contributed by atoms with Gasteiger partial charge in [0.2, 0.25) is 0 Å². The molecule has 118 valence electrons. The van der Waals surface area contributed by atoms with Crippen LogP contribution in [0.4, 0.5) is 0 Å². The Balaban J connectivity index is 2.03. The SMILES string of the molecule is CCC(CO)(CO)COC(=O)C1C2C=CC(O2)C1C(=O)O. The Morgan fingerprint density at radius 2 is 1.76 bits per heavy atom. The third-order valence-electron chi connectivity index (χ3n) is 4.40. The molecule has 0 aliphatic carbocycles. The van der Waals surface area contributed by atoms with Crippen LogP contribution >= 0.6 is 0 Å². The molecule has 0 aromatic rings. The fourth-order valence-corrected chi connectivity index (χ4v) is 2.67. The Hall–Kier alpha value is -1.44. The number of aliphatic hydroxyl groups excluding tert-OH is 2. The lowest BCUT2D eigenvalue weighted by molar-refractivity contribution is -0.161. The van der Waals surface area contributed by atoms with Gasteiger partial charge >= 0.3 is 11.9 Å². The second-order valence-corrected chi connectivity index (χ2v) is 5.62.